The van der Waals surface area contributed by atoms with Gasteiger partial charge < -0.3 is 15.4 Å². The van der Waals surface area contributed by atoms with Crippen LogP contribution in [0.1, 0.15) is 18.0 Å². The van der Waals surface area contributed by atoms with Gasteiger partial charge in [-0.1, -0.05) is 6.07 Å². The monoisotopic (exact) mass is 394 g/mol. The maximum absolute atomic E-state index is 13.3. The van der Waals surface area contributed by atoms with Crippen molar-refractivity contribution in [2.75, 3.05) is 17.7 Å². The average molecular weight is 394 g/mol. The lowest BCUT2D eigenvalue weighted by molar-refractivity contribution is -0.125. The van der Waals surface area contributed by atoms with Crippen molar-refractivity contribution in [3.63, 3.8) is 0 Å². The predicted molar refractivity (Wildman–Crippen MR) is 106 cm³/mol. The molecule has 0 spiro atoms. The van der Waals surface area contributed by atoms with Crippen LogP contribution in [0.15, 0.2) is 48.5 Å². The van der Waals surface area contributed by atoms with Crippen molar-refractivity contribution < 1.29 is 18.7 Å². The summed E-state index contributed by atoms with van der Waals surface area (Å²) in [5, 5.41) is 10.2. The van der Waals surface area contributed by atoms with E-state index in [2.05, 4.69) is 15.7 Å². The van der Waals surface area contributed by atoms with Crippen LogP contribution in [0.3, 0.4) is 0 Å². The maximum atomic E-state index is 13.3. The molecule has 148 valence electrons. The fourth-order valence-electron chi connectivity index (χ4n) is 3.35. The first-order chi connectivity index (χ1) is 14.0. The zero-order chi connectivity index (χ0) is 20.5. The molecule has 0 saturated carbocycles. The SMILES string of the molecule is COc1cccc(NC(=O)C2CC(=O)Nc3c(C)c(-c4ccc(F)cc4)nn32)c1. The van der Waals surface area contributed by atoms with Crippen LogP contribution < -0.4 is 15.4 Å². The number of carbonyl (C=O) groups excluding carboxylic acids is 2. The number of methoxy groups -OCH3 is 1. The third kappa shape index (κ3) is 3.56. The Morgan fingerprint density at radius 3 is 2.76 bits per heavy atom. The average Bonchev–Trinajstić information content (AvgIpc) is 3.04. The highest BCUT2D eigenvalue weighted by Crippen LogP contribution is 2.34. The summed E-state index contributed by atoms with van der Waals surface area (Å²) in [6, 6.07) is 12.1. The summed E-state index contributed by atoms with van der Waals surface area (Å²) in [4.78, 5) is 25.2. The van der Waals surface area contributed by atoms with E-state index in [4.69, 9.17) is 4.74 Å². The second-order valence-electron chi connectivity index (χ2n) is 6.76. The number of halogens is 1. The van der Waals surface area contributed by atoms with Crippen LogP contribution in [0, 0.1) is 12.7 Å². The van der Waals surface area contributed by atoms with E-state index in [9.17, 15) is 14.0 Å². The number of amides is 2. The number of benzene rings is 2. The van der Waals surface area contributed by atoms with Gasteiger partial charge in [-0.05, 0) is 43.3 Å². The molecule has 29 heavy (non-hydrogen) atoms. The minimum absolute atomic E-state index is 0.0349. The Hall–Kier alpha value is -3.68. The Labute approximate surface area is 166 Å². The molecule has 8 heteroatoms. The largest absolute Gasteiger partial charge is 0.497 e. The van der Waals surface area contributed by atoms with Crippen molar-refractivity contribution in [2.45, 2.75) is 19.4 Å². The molecule has 2 amide bonds. The first-order valence-corrected chi connectivity index (χ1v) is 9.06. The number of hydrogen-bond donors (Lipinski definition) is 2. The zero-order valence-corrected chi connectivity index (χ0v) is 15.9. The lowest BCUT2D eigenvalue weighted by atomic mass is 10.1. The molecule has 1 unspecified atom stereocenters. The minimum Gasteiger partial charge on any atom is -0.497 e. The molecule has 0 aliphatic carbocycles. The number of anilines is 2. The van der Waals surface area contributed by atoms with Crippen molar-refractivity contribution in [2.24, 2.45) is 0 Å². The van der Waals surface area contributed by atoms with Crippen LogP contribution in [-0.2, 0) is 9.59 Å². The first kappa shape index (κ1) is 18.7. The van der Waals surface area contributed by atoms with E-state index in [-0.39, 0.29) is 24.1 Å². The van der Waals surface area contributed by atoms with Crippen molar-refractivity contribution in [3.8, 4) is 17.0 Å². The predicted octanol–water partition coefficient (Wildman–Crippen LogP) is 3.53. The molecule has 2 aromatic carbocycles. The summed E-state index contributed by atoms with van der Waals surface area (Å²) in [5.74, 6) is 0.100. The summed E-state index contributed by atoms with van der Waals surface area (Å²) in [6.07, 6.45) is -0.0349. The van der Waals surface area contributed by atoms with Gasteiger partial charge in [0, 0.05) is 22.9 Å². The quantitative estimate of drug-likeness (QED) is 0.709. The van der Waals surface area contributed by atoms with E-state index in [1.54, 1.807) is 50.4 Å². The van der Waals surface area contributed by atoms with Gasteiger partial charge in [0.1, 0.15) is 23.4 Å². The Morgan fingerprint density at radius 1 is 1.28 bits per heavy atom. The molecule has 2 N–H and O–H groups in total. The van der Waals surface area contributed by atoms with Crippen molar-refractivity contribution in [1.82, 2.24) is 9.78 Å². The molecule has 0 saturated heterocycles. The standard InChI is InChI=1S/C21H19FN4O3/c1-12-19(13-6-8-14(22)9-7-13)25-26-17(11-18(27)24-20(12)26)21(28)23-15-4-3-5-16(10-15)29-2/h3-10,17H,11H2,1-2H3,(H,23,28)(H,24,27). The second-order valence-corrected chi connectivity index (χ2v) is 6.76. The van der Waals surface area contributed by atoms with Gasteiger partial charge in [-0.15, -0.1) is 0 Å². The van der Waals surface area contributed by atoms with Gasteiger partial charge in [0.05, 0.1) is 19.2 Å². The molecule has 3 aromatic rings. The summed E-state index contributed by atoms with van der Waals surface area (Å²) in [6.45, 7) is 1.81. The molecular weight excluding hydrogens is 375 g/mol. The highest BCUT2D eigenvalue weighted by atomic mass is 19.1. The fraction of sp³-hybridized carbons (Fsp3) is 0.190. The molecule has 1 atom stereocenters. The highest BCUT2D eigenvalue weighted by molar-refractivity contribution is 6.02. The third-order valence-electron chi connectivity index (χ3n) is 4.84. The summed E-state index contributed by atoms with van der Waals surface area (Å²) >= 11 is 0. The summed E-state index contributed by atoms with van der Waals surface area (Å²) in [7, 11) is 1.54. The van der Waals surface area contributed by atoms with Gasteiger partial charge in [0.2, 0.25) is 11.8 Å². The van der Waals surface area contributed by atoms with Gasteiger partial charge >= 0.3 is 0 Å². The Bertz CT molecular complexity index is 1090. The van der Waals surface area contributed by atoms with E-state index in [0.29, 0.717) is 34.1 Å². The van der Waals surface area contributed by atoms with Gasteiger partial charge in [0.25, 0.3) is 0 Å². The van der Waals surface area contributed by atoms with Gasteiger partial charge in [-0.2, -0.15) is 5.10 Å². The lowest BCUT2D eigenvalue weighted by Crippen LogP contribution is -2.35. The van der Waals surface area contributed by atoms with Gasteiger partial charge in [-0.3, -0.25) is 9.59 Å². The van der Waals surface area contributed by atoms with E-state index in [1.807, 2.05) is 0 Å². The van der Waals surface area contributed by atoms with Crippen LogP contribution in [0.25, 0.3) is 11.3 Å². The van der Waals surface area contributed by atoms with E-state index < -0.39 is 6.04 Å². The van der Waals surface area contributed by atoms with Crippen LogP contribution >= 0.6 is 0 Å². The number of fused-ring (bicyclic) bond motifs is 1. The number of nitrogens with one attached hydrogen (secondary N) is 2. The topological polar surface area (TPSA) is 85.2 Å². The molecule has 0 bridgehead atoms. The smallest absolute Gasteiger partial charge is 0.249 e. The number of nitrogens with zero attached hydrogens (tertiary/aromatic N) is 2. The fourth-order valence-corrected chi connectivity index (χ4v) is 3.35. The van der Waals surface area contributed by atoms with Crippen LogP contribution in [0.2, 0.25) is 0 Å². The molecule has 1 aliphatic heterocycles. The molecule has 0 fully saturated rings. The number of aromatic nitrogens is 2. The number of carbonyl (C=O) groups is 2. The molecule has 7 nitrogen and oxygen atoms in total. The number of hydrogen-bond acceptors (Lipinski definition) is 4. The minimum atomic E-state index is -0.808. The molecule has 1 aromatic heterocycles. The molecule has 1 aliphatic rings. The molecule has 2 heterocycles. The normalized spacial score (nSPS) is 15.4. The van der Waals surface area contributed by atoms with Crippen molar-refractivity contribution in [3.05, 3.63) is 59.9 Å². The molecular formula is C21H19FN4O3. The Morgan fingerprint density at radius 2 is 2.03 bits per heavy atom. The maximum Gasteiger partial charge on any atom is 0.249 e. The van der Waals surface area contributed by atoms with Gasteiger partial charge in [-0.25, -0.2) is 9.07 Å². The van der Waals surface area contributed by atoms with Crippen molar-refractivity contribution in [1.29, 1.82) is 0 Å². The van der Waals surface area contributed by atoms with Gasteiger partial charge in [0.15, 0.2) is 0 Å². The summed E-state index contributed by atoms with van der Waals surface area (Å²) < 4.78 is 20.0. The summed E-state index contributed by atoms with van der Waals surface area (Å²) in [5.41, 5.74) is 2.56. The second kappa shape index (κ2) is 7.38. The van der Waals surface area contributed by atoms with E-state index in [0.717, 1.165) is 0 Å². The van der Waals surface area contributed by atoms with Crippen LogP contribution in [0.5, 0.6) is 5.75 Å². The van der Waals surface area contributed by atoms with E-state index >= 15 is 0 Å². The number of ether oxygens (including phenoxy) is 1. The highest BCUT2D eigenvalue weighted by Gasteiger charge is 2.34. The zero-order valence-electron chi connectivity index (χ0n) is 15.9. The first-order valence-electron chi connectivity index (χ1n) is 9.06. The van der Waals surface area contributed by atoms with E-state index in [1.165, 1.54) is 16.8 Å². The Balaban J connectivity index is 1.68. The molecule has 4 rings (SSSR count). The number of rotatable bonds is 4. The van der Waals surface area contributed by atoms with Crippen LogP contribution in [0.4, 0.5) is 15.9 Å². The molecule has 0 radical (unpaired) electrons. The van der Waals surface area contributed by atoms with Crippen LogP contribution in [-0.4, -0.2) is 28.7 Å². The van der Waals surface area contributed by atoms with Crippen molar-refractivity contribution >= 4 is 23.3 Å². The third-order valence-corrected chi connectivity index (χ3v) is 4.84. The lowest BCUT2D eigenvalue weighted by Gasteiger charge is -2.24. The Kier molecular flexibility index (Phi) is 4.75.